The molecule has 51 heteroatoms. The number of aliphatic hydroxyl groups excluding tert-OH is 1. The maximum absolute atomic E-state index is 12.7. The van der Waals surface area contributed by atoms with Crippen LogP contribution in [-0.2, 0) is 97.8 Å². The quantitative estimate of drug-likeness (QED) is 0.00630. The number of β-amino-alcohol motifs (C(OH)–C–C–N with tert-alkyl or cyclic N) is 1. The molecule has 0 bridgehead atoms. The van der Waals surface area contributed by atoms with Crippen LogP contribution in [0.4, 0.5) is 28.8 Å². The van der Waals surface area contributed by atoms with Crippen LogP contribution in [0.3, 0.4) is 0 Å². The van der Waals surface area contributed by atoms with Crippen molar-refractivity contribution in [1.29, 1.82) is 0 Å². The molecule has 6 amide bonds. The fourth-order valence-corrected chi connectivity index (χ4v) is 16.5. The van der Waals surface area contributed by atoms with Crippen molar-refractivity contribution in [1.82, 2.24) is 45.5 Å². The number of methoxy groups -OCH3 is 3. The number of hydrogen-bond acceptors (Lipinski definition) is 35. The average Bonchev–Trinajstić information content (AvgIpc) is 1.65. The number of aldehydes is 1. The standard InChI is InChI=1S/C19H24BrN3O2S.C19H24BrNO5S.C12H21NO4S.C12H21NO4.C11H19NO5.C11H19NO4S.C8H6Br2O.C2H4O.CH3ClO2S.CH4S.CH4.Li.H3N.Na.H2O/c1-19(2,3)25-18(24)23-11-14(26-4)9-16(23)17-21-10-15(22-17)12-5-7-13(20)8-6-12;1-19(2,3)26-18(24)21-9-12(11-27)8-15(21)17(23)25-10-16(22)13-4-6-14(20)7-5-13;1-12(2,3)17-11(15)13-6-8(7-18)5-9(13)10(14)16-4;1-8-6-9(10(14)16-5)13(7-8)11(15)17-12(2,3)4;1-11(2,3)17-10(15)12-6-7(13)5-8(12)9(14)16-4;1-11(2,3)16-10(15)12-5-7(6-17)4-8(12)9(13)14;9-5-8(11)6-1-3-7(10)4-2-6;1-2-3;1-5(2,3)4;1-2;;;;;/h5-8,10,14,16H,9,11H2,1-4H3,(H,21,22);4-7,12,15,27H,8-11H2,1-3H3;8-9,18H,5-7H2,1-4H3;8-9H,6-7H2,1-5H3;7-8,13H,5-6H2,1-4H3;7-8,17H,4-6H2,1-3H3,(H,13,14);1-4H,5H2;2H,1H3;1H3;2H,1H3;1H4;;1H3;;1H2/q;;;;;;;;;;;+1;;+1;/p-2/t14-,16-;12-,15-;8-,9-;8-,9+;7-,8+;7-,8-;;;;;;;;;/m000110........./s1. The van der Waals surface area contributed by atoms with Crippen molar-refractivity contribution in [3.05, 3.63) is 109 Å². The van der Waals surface area contributed by atoms with Gasteiger partial charge in [0.1, 0.15) is 75.9 Å². The van der Waals surface area contributed by atoms with E-state index in [1.807, 2.05) is 70.3 Å². The van der Waals surface area contributed by atoms with Crippen LogP contribution >= 0.6 is 124 Å². The summed E-state index contributed by atoms with van der Waals surface area (Å²) >= 11 is 31.7. The van der Waals surface area contributed by atoms with Crippen molar-refractivity contribution >= 4 is 230 Å². The Bertz CT molecular complexity index is 4780. The number of alkyl halides is 1. The molecule has 6 aliphatic rings. The zero-order valence-corrected chi connectivity index (χ0v) is 104. The van der Waals surface area contributed by atoms with E-state index in [-0.39, 0.29) is 140 Å². The number of rotatable bonds is 16. The van der Waals surface area contributed by atoms with E-state index < -0.39 is 133 Å². The molecular formula is C97H152Br4ClLiN9NaO29S6. The number of likely N-dealkylation sites (tertiary alicyclic amines) is 6. The zero-order chi connectivity index (χ0) is 110. The number of ether oxygens (including phenoxy) is 10. The number of Topliss-reactive ketones (excluding diaryl/α,β-unsaturated/α-hetero) is 2. The Labute approximate surface area is 971 Å². The minimum absolute atomic E-state index is 0. The van der Waals surface area contributed by atoms with Gasteiger partial charge in [-0.3, -0.25) is 39.0 Å². The summed E-state index contributed by atoms with van der Waals surface area (Å²) in [6, 6.07) is 18.7. The van der Waals surface area contributed by atoms with E-state index in [1.165, 1.54) is 52.8 Å². The number of carboxylic acid groups (broad SMARTS) is 1. The molecule has 0 unspecified atom stereocenters. The number of H-pyrrole nitrogens is 1. The first-order valence-corrected chi connectivity index (χ1v) is 55.5. The molecule has 38 nitrogen and oxygen atoms in total. The van der Waals surface area contributed by atoms with Gasteiger partial charge in [0.05, 0.1) is 63.5 Å². The van der Waals surface area contributed by atoms with Gasteiger partial charge in [-0.2, -0.15) is 55.9 Å². The summed E-state index contributed by atoms with van der Waals surface area (Å²) in [6.45, 7) is 37.9. The van der Waals surface area contributed by atoms with Crippen LogP contribution in [0.1, 0.15) is 217 Å². The number of aliphatic carboxylic acids is 1. The molecule has 6 aliphatic heterocycles. The third-order valence-electron chi connectivity index (χ3n) is 19.9. The van der Waals surface area contributed by atoms with Crippen molar-refractivity contribution < 1.29 is 187 Å². The Hall–Kier alpha value is -5.76. The fourth-order valence-electron chi connectivity index (χ4n) is 13.9. The van der Waals surface area contributed by atoms with Crippen LogP contribution in [0, 0.1) is 23.7 Å². The summed E-state index contributed by atoms with van der Waals surface area (Å²) in [7, 11) is 5.21. The number of amides is 6. The number of thiol groups is 3. The van der Waals surface area contributed by atoms with Crippen LogP contribution in [0.25, 0.3) is 11.3 Å². The number of esters is 4. The molecule has 4 aromatic rings. The molecule has 6 fully saturated rings. The second-order valence-corrected chi connectivity index (χ2v) is 47.8. The number of nitrogens with one attached hydrogen (secondary N) is 1. The Balaban J connectivity index is -0.000000533. The molecule has 0 radical (unpaired) electrons. The number of nitrogens with zero attached hydrogens (tertiary/aromatic N) is 7. The van der Waals surface area contributed by atoms with E-state index in [0.717, 1.165) is 55.0 Å². The van der Waals surface area contributed by atoms with Crippen LogP contribution in [0.15, 0.2) is 92.4 Å². The van der Waals surface area contributed by atoms with Crippen LogP contribution in [0.5, 0.6) is 0 Å². The SMILES string of the molecule is C.CC(C)(C)OC(=O)N1C[C@@H](CS)C[C@H]1C(=O)O.CC(C)(C)OC(=O)N1C[C@@H](CS)C[C@H]1C(=O)OCC(=O)c1ccc(Br)cc1.CC=O.COC(=O)[C@@H]1C[C@@H](C)CN1C(=O)OC(C)(C)C.COC(=O)[C@@H]1C[C@@H](O)CN1C(=O)OC(C)(C)C.COC(=O)[C@@H]1C[C@H](CS)CN1C(=O)OC(C)(C)C.CS(=O)(=O)Cl.CS[C@H]1C[C@@H](c2ncc(-c3ccc(Br)cc3)[nH]2)N(C(=O)OC(C)(C)C)C1.C[S-].N.O=C(CBr)c1ccc(Br)cc1.[Li+].[Na+].[OH-]. The topological polar surface area (TPSA) is 519 Å². The molecule has 0 saturated carbocycles. The molecule has 0 aliphatic carbocycles. The Morgan fingerprint density at radius 3 is 1.09 bits per heavy atom. The van der Waals surface area contributed by atoms with E-state index in [0.29, 0.717) is 91.8 Å². The zero-order valence-electron chi connectivity index (χ0n) is 89.3. The minimum atomic E-state index is -3.19. The van der Waals surface area contributed by atoms with Gasteiger partial charge in [-0.1, -0.05) is 114 Å². The number of carboxylic acids is 1. The van der Waals surface area contributed by atoms with Crippen molar-refractivity contribution in [2.75, 3.05) is 109 Å². The average molecular weight is 2490 g/mol. The van der Waals surface area contributed by atoms with Crippen LogP contribution in [0.2, 0.25) is 0 Å². The van der Waals surface area contributed by atoms with Gasteiger partial charge in [0, 0.05) is 79.6 Å². The first kappa shape index (κ1) is 151. The summed E-state index contributed by atoms with van der Waals surface area (Å²) in [5.74, 6) is 0.139. The number of carbonyl (C=O) groups is 14. The summed E-state index contributed by atoms with van der Waals surface area (Å²) in [5.41, 5.74) is -0.336. The third-order valence-corrected chi connectivity index (χ3v) is 24.6. The van der Waals surface area contributed by atoms with Gasteiger partial charge in [-0.05, 0) is 253 Å². The number of thioether (sulfide) groups is 1. The van der Waals surface area contributed by atoms with Gasteiger partial charge in [0.2, 0.25) is 9.05 Å². The van der Waals surface area contributed by atoms with Crippen LogP contribution in [-0.4, -0.2) is 331 Å². The fraction of sp³-hybridized carbons (Fsp3) is 0.639. The second kappa shape index (κ2) is 71.4. The van der Waals surface area contributed by atoms with Gasteiger partial charge in [0.15, 0.2) is 18.2 Å². The van der Waals surface area contributed by atoms with Gasteiger partial charge < -0.3 is 91.6 Å². The molecule has 12 atom stereocenters. The minimum Gasteiger partial charge on any atom is -0.870 e. The van der Waals surface area contributed by atoms with Crippen molar-refractivity contribution in [3.8, 4) is 11.3 Å². The number of aromatic nitrogens is 2. The van der Waals surface area contributed by atoms with E-state index in [2.05, 4.69) is 146 Å². The molecule has 0 spiro atoms. The molecule has 148 heavy (non-hydrogen) atoms. The summed E-state index contributed by atoms with van der Waals surface area (Å²) in [4.78, 5) is 180. The molecule has 1 aromatic heterocycles. The predicted molar refractivity (Wildman–Crippen MR) is 588 cm³/mol. The first-order chi connectivity index (χ1) is 66.0. The van der Waals surface area contributed by atoms with Gasteiger partial charge >= 0.3 is 115 Å². The van der Waals surface area contributed by atoms with Crippen molar-refractivity contribution in [2.45, 2.75) is 266 Å². The summed E-state index contributed by atoms with van der Waals surface area (Å²) < 4.78 is 72.8. The number of benzene rings is 3. The predicted octanol–water partition coefficient (Wildman–Crippen LogP) is 12.9. The molecule has 6 saturated heterocycles. The number of carbonyl (C=O) groups excluding carboxylic acids is 13. The summed E-state index contributed by atoms with van der Waals surface area (Å²) in [5, 5.41) is 19.3. The van der Waals surface area contributed by atoms with Crippen LogP contribution < -0.4 is 54.6 Å². The molecule has 3 aromatic carbocycles. The molecule has 832 valence electrons. The van der Waals surface area contributed by atoms with E-state index in [1.54, 1.807) is 163 Å². The second-order valence-electron chi connectivity index (χ2n) is 39.2. The maximum atomic E-state index is 12.7. The van der Waals surface area contributed by atoms with Gasteiger partial charge in [-0.15, -0.1) is 0 Å². The number of halogens is 5. The third kappa shape index (κ3) is 58.1. The van der Waals surface area contributed by atoms with Gasteiger partial charge in [0.25, 0.3) is 0 Å². The van der Waals surface area contributed by atoms with E-state index >= 15 is 0 Å². The van der Waals surface area contributed by atoms with E-state index in [4.69, 9.17) is 52.5 Å². The largest absolute Gasteiger partial charge is 1.00 e. The van der Waals surface area contributed by atoms with Crippen molar-refractivity contribution in [2.24, 2.45) is 23.7 Å². The Morgan fingerprint density at radius 2 is 0.784 bits per heavy atom. The van der Waals surface area contributed by atoms with Gasteiger partial charge in [-0.25, -0.2) is 66.1 Å². The smallest absolute Gasteiger partial charge is 0.870 e. The number of imidazole rings is 1. The normalized spacial score (nSPS) is 19.8. The number of hydrogen-bond donors (Lipinski definition) is 7. The molecular weight excluding hydrogens is 2330 g/mol. The molecule has 10 rings (SSSR count). The Morgan fingerprint density at radius 1 is 0.500 bits per heavy atom. The number of aromatic amines is 1. The Kier molecular flexibility index (Phi) is 72.7. The number of aliphatic hydroxyl groups is 1. The maximum Gasteiger partial charge on any atom is 1.00 e. The molecule has 7 N–H and O–H groups in total. The number of ketones is 2. The molecule has 7 heterocycles. The van der Waals surface area contributed by atoms with Crippen molar-refractivity contribution in [3.63, 3.8) is 0 Å². The first-order valence-electron chi connectivity index (χ1n) is 45.3. The monoisotopic (exact) mass is 2480 g/mol. The summed E-state index contributed by atoms with van der Waals surface area (Å²) in [6.07, 6.45) is 6.67. The van der Waals surface area contributed by atoms with E-state index in [9.17, 15) is 75.9 Å².